The fourth-order valence-electron chi connectivity index (χ4n) is 1.38. The van der Waals surface area contributed by atoms with Gasteiger partial charge in [-0.25, -0.2) is 0 Å². The highest BCUT2D eigenvalue weighted by molar-refractivity contribution is 7.99. The molecular weight excluding hydrogens is 256 g/mol. The van der Waals surface area contributed by atoms with Gasteiger partial charge < -0.3 is 9.84 Å². The number of ether oxygens (including phenoxy) is 1. The van der Waals surface area contributed by atoms with Gasteiger partial charge in [0.05, 0.1) is 17.7 Å². The first-order chi connectivity index (χ1) is 8.15. The average Bonchev–Trinajstić information content (AvgIpc) is 2.30. The summed E-state index contributed by atoms with van der Waals surface area (Å²) in [5.41, 5.74) is 0.809. The highest BCUT2D eigenvalue weighted by Crippen LogP contribution is 2.27. The minimum absolute atomic E-state index is 0.498. The molecule has 0 saturated heterocycles. The zero-order valence-corrected chi connectivity index (χ0v) is 11.9. The van der Waals surface area contributed by atoms with E-state index < -0.39 is 6.10 Å². The molecule has 0 fully saturated rings. The third-order valence-corrected chi connectivity index (χ3v) is 3.61. The first-order valence-electron chi connectivity index (χ1n) is 5.83. The minimum Gasteiger partial charge on any atom is -0.492 e. The first kappa shape index (κ1) is 14.7. The van der Waals surface area contributed by atoms with Crippen molar-refractivity contribution in [1.82, 2.24) is 0 Å². The Morgan fingerprint density at radius 1 is 1.47 bits per heavy atom. The summed E-state index contributed by atoms with van der Waals surface area (Å²) in [5.74, 6) is 2.95. The molecule has 0 amide bonds. The zero-order valence-electron chi connectivity index (χ0n) is 10.3. The molecule has 4 heteroatoms. The van der Waals surface area contributed by atoms with Crippen molar-refractivity contribution < 1.29 is 9.84 Å². The standard InChI is InChI=1S/C13H19ClO2S/c1-3-17-8-4-7-16-13-6-5-11(10(2)15)9-12(13)14/h5-6,9-10,15H,3-4,7-8H2,1-2H3/t10-/m0/s1. The highest BCUT2D eigenvalue weighted by atomic mass is 35.5. The lowest BCUT2D eigenvalue weighted by molar-refractivity contribution is 0.199. The number of hydrogen-bond donors (Lipinski definition) is 1. The van der Waals surface area contributed by atoms with Gasteiger partial charge in [0, 0.05) is 0 Å². The molecular formula is C13H19ClO2S. The summed E-state index contributed by atoms with van der Waals surface area (Å²) in [6, 6.07) is 5.41. The molecule has 0 unspecified atom stereocenters. The van der Waals surface area contributed by atoms with Crippen molar-refractivity contribution >= 4 is 23.4 Å². The number of benzene rings is 1. The summed E-state index contributed by atoms with van der Waals surface area (Å²) in [5, 5.41) is 9.97. The van der Waals surface area contributed by atoms with Crippen LogP contribution in [0.2, 0.25) is 5.02 Å². The third-order valence-electron chi connectivity index (χ3n) is 2.33. The van der Waals surface area contributed by atoms with Crippen LogP contribution >= 0.6 is 23.4 Å². The van der Waals surface area contributed by atoms with Crippen molar-refractivity contribution in [2.24, 2.45) is 0 Å². The van der Waals surface area contributed by atoms with Crippen molar-refractivity contribution in [3.05, 3.63) is 28.8 Å². The number of aliphatic hydroxyl groups is 1. The Labute approximate surface area is 112 Å². The molecule has 1 N–H and O–H groups in total. The fourth-order valence-corrected chi connectivity index (χ4v) is 2.24. The molecule has 1 rings (SSSR count). The molecule has 0 bridgehead atoms. The van der Waals surface area contributed by atoms with Crippen LogP contribution in [0.15, 0.2) is 18.2 Å². The summed E-state index contributed by atoms with van der Waals surface area (Å²) in [7, 11) is 0. The van der Waals surface area contributed by atoms with Crippen LogP contribution in [0.3, 0.4) is 0 Å². The van der Waals surface area contributed by atoms with Crippen molar-refractivity contribution in [2.45, 2.75) is 26.4 Å². The summed E-state index contributed by atoms with van der Waals surface area (Å²) >= 11 is 7.98. The Balaban J connectivity index is 2.43. The summed E-state index contributed by atoms with van der Waals surface area (Å²) in [4.78, 5) is 0. The maximum Gasteiger partial charge on any atom is 0.137 e. The summed E-state index contributed by atoms with van der Waals surface area (Å²) < 4.78 is 5.59. The molecule has 0 saturated carbocycles. The number of hydrogen-bond acceptors (Lipinski definition) is 3. The van der Waals surface area contributed by atoms with E-state index in [1.54, 1.807) is 13.0 Å². The van der Waals surface area contributed by atoms with Crippen molar-refractivity contribution in [3.63, 3.8) is 0 Å². The van der Waals surface area contributed by atoms with Crippen molar-refractivity contribution in [3.8, 4) is 5.75 Å². The molecule has 17 heavy (non-hydrogen) atoms. The molecule has 1 aromatic rings. The van der Waals surface area contributed by atoms with Gasteiger partial charge in [-0.3, -0.25) is 0 Å². The van der Waals surface area contributed by atoms with Gasteiger partial charge in [0.2, 0.25) is 0 Å². The number of halogens is 1. The molecule has 96 valence electrons. The van der Waals surface area contributed by atoms with Crippen LogP contribution in [-0.4, -0.2) is 23.2 Å². The van der Waals surface area contributed by atoms with Gasteiger partial charge in [-0.15, -0.1) is 0 Å². The molecule has 0 aliphatic rings. The van der Waals surface area contributed by atoms with E-state index in [0.29, 0.717) is 17.4 Å². The van der Waals surface area contributed by atoms with Crippen molar-refractivity contribution in [1.29, 1.82) is 0 Å². The summed E-state index contributed by atoms with van der Waals surface area (Å²) in [6.45, 7) is 4.55. The SMILES string of the molecule is CCSCCCOc1ccc([C@H](C)O)cc1Cl. The predicted octanol–water partition coefficient (Wildman–Crippen LogP) is 3.92. The van der Waals surface area contributed by atoms with E-state index in [0.717, 1.165) is 23.5 Å². The molecule has 0 aliphatic heterocycles. The van der Waals surface area contributed by atoms with Gasteiger partial charge in [0.25, 0.3) is 0 Å². The van der Waals surface area contributed by atoms with E-state index in [-0.39, 0.29) is 0 Å². The van der Waals surface area contributed by atoms with Gasteiger partial charge in [-0.2, -0.15) is 11.8 Å². The van der Waals surface area contributed by atoms with Gasteiger partial charge in [0.15, 0.2) is 0 Å². The Morgan fingerprint density at radius 2 is 2.24 bits per heavy atom. The van der Waals surface area contributed by atoms with Gasteiger partial charge in [-0.05, 0) is 42.5 Å². The van der Waals surface area contributed by atoms with Crippen LogP contribution in [0.25, 0.3) is 0 Å². The Morgan fingerprint density at radius 3 is 2.82 bits per heavy atom. The minimum atomic E-state index is -0.498. The monoisotopic (exact) mass is 274 g/mol. The van der Waals surface area contributed by atoms with E-state index in [4.69, 9.17) is 16.3 Å². The topological polar surface area (TPSA) is 29.5 Å². The lowest BCUT2D eigenvalue weighted by atomic mass is 10.1. The Kier molecular flexibility index (Phi) is 6.78. The van der Waals surface area contributed by atoms with Crippen LogP contribution in [0, 0.1) is 0 Å². The van der Waals surface area contributed by atoms with Gasteiger partial charge >= 0.3 is 0 Å². The molecule has 2 nitrogen and oxygen atoms in total. The predicted molar refractivity (Wildman–Crippen MR) is 75.2 cm³/mol. The van der Waals surface area contributed by atoms with Gasteiger partial charge in [-0.1, -0.05) is 24.6 Å². The van der Waals surface area contributed by atoms with E-state index in [9.17, 15) is 5.11 Å². The maximum atomic E-state index is 9.41. The van der Waals surface area contributed by atoms with Crippen LogP contribution in [0.4, 0.5) is 0 Å². The first-order valence-corrected chi connectivity index (χ1v) is 7.36. The summed E-state index contributed by atoms with van der Waals surface area (Å²) in [6.07, 6.45) is 0.523. The Hall–Kier alpha value is -0.380. The second-order valence-corrected chi connectivity index (χ2v) is 5.57. The quantitative estimate of drug-likeness (QED) is 0.765. The van der Waals surface area contributed by atoms with Crippen LogP contribution in [0.5, 0.6) is 5.75 Å². The van der Waals surface area contributed by atoms with E-state index in [2.05, 4.69) is 6.92 Å². The molecule has 0 spiro atoms. The molecule has 1 atom stereocenters. The Bertz CT molecular complexity index is 342. The molecule has 0 heterocycles. The third kappa shape index (κ3) is 5.19. The second kappa shape index (κ2) is 7.85. The number of rotatable bonds is 7. The van der Waals surface area contributed by atoms with Gasteiger partial charge in [0.1, 0.15) is 5.75 Å². The lowest BCUT2D eigenvalue weighted by Crippen LogP contribution is -2.00. The maximum absolute atomic E-state index is 9.41. The second-order valence-electron chi connectivity index (χ2n) is 3.76. The zero-order chi connectivity index (χ0) is 12.7. The van der Waals surface area contributed by atoms with E-state index >= 15 is 0 Å². The number of thioether (sulfide) groups is 1. The van der Waals surface area contributed by atoms with Crippen LogP contribution < -0.4 is 4.74 Å². The largest absolute Gasteiger partial charge is 0.492 e. The molecule has 0 aromatic heterocycles. The molecule has 1 aromatic carbocycles. The van der Waals surface area contributed by atoms with Crippen molar-refractivity contribution in [2.75, 3.05) is 18.1 Å². The molecule has 0 radical (unpaired) electrons. The fraction of sp³-hybridized carbons (Fsp3) is 0.538. The lowest BCUT2D eigenvalue weighted by Gasteiger charge is -2.10. The van der Waals surface area contributed by atoms with E-state index in [1.165, 1.54) is 0 Å². The smallest absolute Gasteiger partial charge is 0.137 e. The molecule has 0 aliphatic carbocycles. The number of aliphatic hydroxyl groups excluding tert-OH is 1. The highest BCUT2D eigenvalue weighted by Gasteiger charge is 2.06. The normalized spacial score (nSPS) is 12.5. The van der Waals surface area contributed by atoms with Crippen LogP contribution in [0.1, 0.15) is 31.9 Å². The van der Waals surface area contributed by atoms with E-state index in [1.807, 2.05) is 23.9 Å². The van der Waals surface area contributed by atoms with Crippen LogP contribution in [-0.2, 0) is 0 Å². The average molecular weight is 275 g/mol.